The van der Waals surface area contributed by atoms with Gasteiger partial charge in [0, 0.05) is 0 Å². The van der Waals surface area contributed by atoms with Crippen molar-refractivity contribution in [2.75, 3.05) is 0 Å². The highest BCUT2D eigenvalue weighted by atomic mass is 28.3. The highest BCUT2D eigenvalue weighted by molar-refractivity contribution is 6.92. The van der Waals surface area contributed by atoms with E-state index in [1.807, 2.05) is 18.2 Å². The molecule has 0 unspecified atom stereocenters. The smallest absolute Gasteiger partial charge is 0.335 e. The molecule has 1 aromatic carbocycles. The van der Waals surface area contributed by atoms with E-state index in [4.69, 9.17) is 0 Å². The molecule has 0 aliphatic heterocycles. The number of aromatic carboxylic acids is 1. The minimum absolute atomic E-state index is 0.514. The highest BCUT2D eigenvalue weighted by Gasteiger charge is 2.32. The van der Waals surface area contributed by atoms with Crippen molar-refractivity contribution in [1.29, 1.82) is 0 Å². The van der Waals surface area contributed by atoms with Gasteiger partial charge in [0.15, 0.2) is 0 Å². The summed E-state index contributed by atoms with van der Waals surface area (Å²) < 4.78 is 0. The molecule has 0 atom stereocenters. The summed E-state index contributed by atoms with van der Waals surface area (Å²) in [6.07, 6.45) is 0. The van der Waals surface area contributed by atoms with Gasteiger partial charge in [0.05, 0.1) is 13.6 Å². The van der Waals surface area contributed by atoms with Gasteiger partial charge in [0.1, 0.15) is 0 Å². The maximum atomic E-state index is 11.2. The minimum atomic E-state index is -1.58. The summed E-state index contributed by atoms with van der Waals surface area (Å²) >= 11 is 0. The van der Waals surface area contributed by atoms with E-state index in [0.717, 1.165) is 23.3 Å². The topological polar surface area (TPSA) is 37.3 Å². The lowest BCUT2D eigenvalue weighted by Gasteiger charge is -2.29. The van der Waals surface area contributed by atoms with Gasteiger partial charge in [-0.25, -0.2) is 4.79 Å². The molecule has 2 nitrogen and oxygen atoms in total. The molecular formula is C13H20O2Si. The second-order valence-electron chi connectivity index (χ2n) is 4.19. The Hall–Kier alpha value is -1.09. The number of benzene rings is 1. The molecule has 88 valence electrons. The van der Waals surface area contributed by atoms with Crippen LogP contribution in [0.4, 0.5) is 0 Å². The fourth-order valence-corrected chi connectivity index (χ4v) is 6.31. The zero-order chi connectivity index (χ0) is 12.2. The standard InChI is InChI=1S/C13H20O2Si/c1-4-16(5-2,6-3)12-10-8-7-9-11(12)13(14)15/h7-10H,4-6H2,1-3H3,(H,14,15). The van der Waals surface area contributed by atoms with Gasteiger partial charge in [-0.2, -0.15) is 0 Å². The Kier molecular flexibility index (Phi) is 4.30. The predicted octanol–water partition coefficient (Wildman–Crippen LogP) is 3.10. The van der Waals surface area contributed by atoms with Crippen LogP contribution < -0.4 is 5.19 Å². The lowest BCUT2D eigenvalue weighted by atomic mass is 10.2. The van der Waals surface area contributed by atoms with Crippen molar-refractivity contribution in [1.82, 2.24) is 0 Å². The molecule has 0 aliphatic carbocycles. The van der Waals surface area contributed by atoms with Crippen LogP contribution in [0.25, 0.3) is 0 Å². The van der Waals surface area contributed by atoms with Gasteiger partial charge >= 0.3 is 5.97 Å². The summed E-state index contributed by atoms with van der Waals surface area (Å²) in [5.41, 5.74) is 0.514. The van der Waals surface area contributed by atoms with Crippen LogP contribution in [-0.4, -0.2) is 19.1 Å². The van der Waals surface area contributed by atoms with Gasteiger partial charge in [-0.05, 0) is 11.3 Å². The van der Waals surface area contributed by atoms with Crippen molar-refractivity contribution in [3.8, 4) is 0 Å². The van der Waals surface area contributed by atoms with Crippen LogP contribution in [0.1, 0.15) is 31.1 Å². The zero-order valence-corrected chi connectivity index (χ0v) is 11.3. The van der Waals surface area contributed by atoms with E-state index in [9.17, 15) is 9.90 Å². The molecule has 0 radical (unpaired) electrons. The number of rotatable bonds is 5. The molecule has 0 saturated carbocycles. The van der Waals surface area contributed by atoms with Crippen LogP contribution in [-0.2, 0) is 0 Å². The molecule has 1 N–H and O–H groups in total. The predicted molar refractivity (Wildman–Crippen MR) is 70.2 cm³/mol. The zero-order valence-electron chi connectivity index (χ0n) is 10.3. The second kappa shape index (κ2) is 5.30. The third-order valence-electron chi connectivity index (χ3n) is 3.76. The third-order valence-corrected chi connectivity index (χ3v) is 9.40. The quantitative estimate of drug-likeness (QED) is 0.798. The van der Waals surface area contributed by atoms with Crippen molar-refractivity contribution in [2.45, 2.75) is 38.9 Å². The Morgan fingerprint density at radius 2 is 1.62 bits per heavy atom. The summed E-state index contributed by atoms with van der Waals surface area (Å²) in [5, 5.41) is 10.4. The Balaban J connectivity index is 3.34. The van der Waals surface area contributed by atoms with E-state index in [1.54, 1.807) is 6.07 Å². The number of carboxylic acids is 1. The van der Waals surface area contributed by atoms with E-state index in [2.05, 4.69) is 20.8 Å². The van der Waals surface area contributed by atoms with Crippen molar-refractivity contribution in [3.63, 3.8) is 0 Å². The Morgan fingerprint density at radius 1 is 1.12 bits per heavy atom. The molecule has 0 heterocycles. The van der Waals surface area contributed by atoms with Gasteiger partial charge in [-0.3, -0.25) is 0 Å². The van der Waals surface area contributed by atoms with Gasteiger partial charge in [0.2, 0.25) is 0 Å². The molecular weight excluding hydrogens is 216 g/mol. The van der Waals surface area contributed by atoms with E-state index in [1.165, 1.54) is 0 Å². The van der Waals surface area contributed by atoms with Gasteiger partial charge in [-0.1, -0.05) is 57.1 Å². The second-order valence-corrected chi connectivity index (χ2v) is 9.41. The summed E-state index contributed by atoms with van der Waals surface area (Å²) in [5.74, 6) is -0.789. The molecule has 16 heavy (non-hydrogen) atoms. The Bertz CT molecular complexity index is 362. The monoisotopic (exact) mass is 236 g/mol. The van der Waals surface area contributed by atoms with Crippen LogP contribution in [0.5, 0.6) is 0 Å². The number of carboxylic acid groups (broad SMARTS) is 1. The summed E-state index contributed by atoms with van der Waals surface area (Å²) in [4.78, 5) is 11.2. The molecule has 0 spiro atoms. The van der Waals surface area contributed by atoms with Crippen LogP contribution in [0.2, 0.25) is 18.1 Å². The first-order valence-electron chi connectivity index (χ1n) is 5.94. The van der Waals surface area contributed by atoms with Crippen LogP contribution >= 0.6 is 0 Å². The molecule has 0 aromatic heterocycles. The van der Waals surface area contributed by atoms with Crippen molar-refractivity contribution in [3.05, 3.63) is 29.8 Å². The maximum absolute atomic E-state index is 11.2. The molecule has 1 rings (SSSR count). The minimum Gasteiger partial charge on any atom is -0.478 e. The Morgan fingerprint density at radius 3 is 2.06 bits per heavy atom. The van der Waals surface area contributed by atoms with Gasteiger partial charge in [0.25, 0.3) is 0 Å². The van der Waals surface area contributed by atoms with E-state index >= 15 is 0 Å². The third kappa shape index (κ3) is 2.19. The first-order valence-corrected chi connectivity index (χ1v) is 8.56. The van der Waals surface area contributed by atoms with Crippen LogP contribution in [0.15, 0.2) is 24.3 Å². The largest absolute Gasteiger partial charge is 0.478 e. The first-order chi connectivity index (χ1) is 7.61. The molecule has 0 amide bonds. The van der Waals surface area contributed by atoms with Crippen LogP contribution in [0.3, 0.4) is 0 Å². The fourth-order valence-electron chi connectivity index (χ4n) is 2.45. The van der Waals surface area contributed by atoms with E-state index in [0.29, 0.717) is 5.56 Å². The van der Waals surface area contributed by atoms with Crippen molar-refractivity contribution >= 4 is 19.2 Å². The molecule has 0 aliphatic rings. The average Bonchev–Trinajstić information content (AvgIpc) is 2.32. The normalized spacial score (nSPS) is 11.4. The number of carbonyl (C=O) groups is 1. The molecule has 0 bridgehead atoms. The number of hydrogen-bond acceptors (Lipinski definition) is 1. The lowest BCUT2D eigenvalue weighted by molar-refractivity contribution is 0.0698. The van der Waals surface area contributed by atoms with Gasteiger partial charge in [-0.15, -0.1) is 0 Å². The molecule has 0 fully saturated rings. The lowest BCUT2D eigenvalue weighted by Crippen LogP contribution is -2.48. The highest BCUT2D eigenvalue weighted by Crippen LogP contribution is 2.21. The average molecular weight is 236 g/mol. The van der Waals surface area contributed by atoms with Crippen LogP contribution in [0, 0.1) is 0 Å². The summed E-state index contributed by atoms with van der Waals surface area (Å²) in [6, 6.07) is 10.9. The maximum Gasteiger partial charge on any atom is 0.335 e. The van der Waals surface area contributed by atoms with Crippen molar-refractivity contribution < 1.29 is 9.90 Å². The Labute approximate surface area is 98.3 Å². The molecule has 3 heteroatoms. The first kappa shape index (κ1) is 13.0. The SMILES string of the molecule is CC[Si](CC)(CC)c1ccccc1C(=O)O. The molecule has 0 saturated heterocycles. The summed E-state index contributed by atoms with van der Waals surface area (Å²) in [7, 11) is -1.58. The van der Waals surface area contributed by atoms with E-state index < -0.39 is 14.0 Å². The fraction of sp³-hybridized carbons (Fsp3) is 0.462. The number of hydrogen-bond donors (Lipinski definition) is 1. The van der Waals surface area contributed by atoms with E-state index in [-0.39, 0.29) is 0 Å². The molecule has 1 aromatic rings. The van der Waals surface area contributed by atoms with Gasteiger partial charge < -0.3 is 5.11 Å². The van der Waals surface area contributed by atoms with Crippen molar-refractivity contribution in [2.24, 2.45) is 0 Å². The summed E-state index contributed by atoms with van der Waals surface area (Å²) in [6.45, 7) is 6.58.